The normalized spacial score (nSPS) is 10.6. The van der Waals surface area contributed by atoms with Crippen LogP contribution in [-0.4, -0.2) is 13.3 Å². The van der Waals surface area contributed by atoms with Crippen LogP contribution in [-0.2, 0) is 4.74 Å². The minimum Gasteiger partial charge on any atom is -0.363 e. The quantitative estimate of drug-likeness (QED) is 0.487. The highest BCUT2D eigenvalue weighted by atomic mass is 16.5. The van der Waals surface area contributed by atoms with E-state index in [4.69, 9.17) is 4.74 Å². The molecule has 1 N–H and O–H groups in total. The van der Waals surface area contributed by atoms with Gasteiger partial charge in [0.15, 0.2) is 0 Å². The fourth-order valence-corrected chi connectivity index (χ4v) is 2.40. The Labute approximate surface area is 134 Å². The predicted molar refractivity (Wildman–Crippen MR) is 94.9 cm³/mol. The third kappa shape index (κ3) is 5.53. The van der Waals surface area contributed by atoms with Crippen LogP contribution >= 0.6 is 0 Å². The number of hydrogen-bond acceptors (Lipinski definition) is 2. The van der Waals surface area contributed by atoms with Crippen LogP contribution in [0.1, 0.15) is 38.2 Å². The first kappa shape index (κ1) is 16.6. The van der Waals surface area contributed by atoms with E-state index in [9.17, 15) is 0 Å². The second-order valence-corrected chi connectivity index (χ2v) is 5.57. The van der Waals surface area contributed by atoms with Crippen LogP contribution in [0, 0.1) is 6.92 Å². The minimum absolute atomic E-state index is 0.560. The Hall–Kier alpha value is -1.80. The second-order valence-electron chi connectivity index (χ2n) is 5.57. The summed E-state index contributed by atoms with van der Waals surface area (Å²) in [4.78, 5) is 0. The van der Waals surface area contributed by atoms with Gasteiger partial charge in [0.25, 0.3) is 0 Å². The Morgan fingerprint density at radius 1 is 0.955 bits per heavy atom. The fourth-order valence-electron chi connectivity index (χ4n) is 2.40. The van der Waals surface area contributed by atoms with Crippen LogP contribution < -0.4 is 5.32 Å². The van der Waals surface area contributed by atoms with Crippen molar-refractivity contribution < 1.29 is 4.74 Å². The van der Waals surface area contributed by atoms with Gasteiger partial charge in [-0.25, -0.2) is 0 Å². The Morgan fingerprint density at radius 3 is 2.50 bits per heavy atom. The van der Waals surface area contributed by atoms with Gasteiger partial charge in [-0.1, -0.05) is 62.6 Å². The van der Waals surface area contributed by atoms with E-state index in [1.807, 2.05) is 12.1 Å². The Kier molecular flexibility index (Phi) is 6.98. The maximum absolute atomic E-state index is 5.63. The van der Waals surface area contributed by atoms with Crippen molar-refractivity contribution in [2.24, 2.45) is 0 Å². The minimum atomic E-state index is 0.560. The van der Waals surface area contributed by atoms with Crippen LogP contribution in [0.4, 0.5) is 5.69 Å². The summed E-state index contributed by atoms with van der Waals surface area (Å²) in [5.41, 5.74) is 4.50. The molecule has 2 aromatic carbocycles. The highest BCUT2D eigenvalue weighted by molar-refractivity contribution is 5.68. The third-order valence-corrected chi connectivity index (χ3v) is 3.64. The molecule has 0 aliphatic rings. The molecule has 0 fully saturated rings. The highest BCUT2D eigenvalue weighted by Gasteiger charge is 1.99. The molecule has 0 aromatic heterocycles. The van der Waals surface area contributed by atoms with E-state index in [0.29, 0.717) is 6.73 Å². The van der Waals surface area contributed by atoms with E-state index in [-0.39, 0.29) is 0 Å². The fraction of sp³-hybridized carbons (Fsp3) is 0.350. The summed E-state index contributed by atoms with van der Waals surface area (Å²) in [6.07, 6.45) is 4.96. The molecule has 0 aliphatic carbocycles. The van der Waals surface area contributed by atoms with Crippen LogP contribution in [0.25, 0.3) is 11.1 Å². The Bertz CT molecular complexity index is 565. The van der Waals surface area contributed by atoms with Gasteiger partial charge >= 0.3 is 0 Å². The summed E-state index contributed by atoms with van der Waals surface area (Å²) in [5, 5.41) is 3.32. The van der Waals surface area contributed by atoms with E-state index in [2.05, 4.69) is 55.6 Å². The van der Waals surface area contributed by atoms with Gasteiger partial charge in [0, 0.05) is 12.3 Å². The first-order chi connectivity index (χ1) is 10.8. The lowest BCUT2D eigenvalue weighted by molar-refractivity contribution is 0.147. The van der Waals surface area contributed by atoms with Crippen molar-refractivity contribution in [2.45, 2.75) is 32.6 Å². The molecule has 2 aromatic rings. The smallest absolute Gasteiger partial charge is 0.116 e. The van der Waals surface area contributed by atoms with Gasteiger partial charge in [-0.2, -0.15) is 0 Å². The van der Waals surface area contributed by atoms with Gasteiger partial charge in [-0.15, -0.1) is 0 Å². The standard InChI is InChI=1S/C20H26NO/c1-3-4-5-6-13-22-16-21-20-12-8-11-19(15-20)18-10-7-9-17(2)14-18/h7-12,14-15,21H,2-6,13,16H2,1H3. The molecule has 2 heteroatoms. The zero-order chi connectivity index (χ0) is 15.6. The maximum Gasteiger partial charge on any atom is 0.116 e. The summed E-state index contributed by atoms with van der Waals surface area (Å²) >= 11 is 0. The molecule has 0 spiro atoms. The number of rotatable bonds is 9. The summed E-state index contributed by atoms with van der Waals surface area (Å²) < 4.78 is 5.63. The van der Waals surface area contributed by atoms with Crippen molar-refractivity contribution in [1.29, 1.82) is 0 Å². The van der Waals surface area contributed by atoms with Gasteiger partial charge in [-0.3, -0.25) is 0 Å². The number of nitrogens with one attached hydrogen (secondary N) is 1. The molecule has 0 saturated heterocycles. The molecule has 0 amide bonds. The molecule has 0 unspecified atom stereocenters. The summed E-state index contributed by atoms with van der Waals surface area (Å²) in [6.45, 7) is 7.60. The number of ether oxygens (including phenoxy) is 1. The summed E-state index contributed by atoms with van der Waals surface area (Å²) in [7, 11) is 0. The molecule has 0 heterocycles. The number of unbranched alkanes of at least 4 members (excludes halogenated alkanes) is 3. The molecule has 0 atom stereocenters. The van der Waals surface area contributed by atoms with E-state index in [0.717, 1.165) is 24.3 Å². The molecule has 0 saturated carbocycles. The lowest BCUT2D eigenvalue weighted by atomic mass is 10.0. The molecular weight excluding hydrogens is 270 g/mol. The zero-order valence-electron chi connectivity index (χ0n) is 13.5. The van der Waals surface area contributed by atoms with Gasteiger partial charge < -0.3 is 10.1 Å². The largest absolute Gasteiger partial charge is 0.363 e. The highest BCUT2D eigenvalue weighted by Crippen LogP contribution is 2.23. The average molecular weight is 296 g/mol. The maximum atomic E-state index is 5.63. The molecular formula is C20H26NO. The lowest BCUT2D eigenvalue weighted by Gasteiger charge is -2.10. The van der Waals surface area contributed by atoms with Gasteiger partial charge in [0.2, 0.25) is 0 Å². The topological polar surface area (TPSA) is 21.3 Å². The van der Waals surface area contributed by atoms with Crippen molar-refractivity contribution in [3.8, 4) is 11.1 Å². The van der Waals surface area contributed by atoms with Crippen LogP contribution in [0.5, 0.6) is 0 Å². The molecule has 0 bridgehead atoms. The number of hydrogen-bond donors (Lipinski definition) is 1. The van der Waals surface area contributed by atoms with Crippen LogP contribution in [0.3, 0.4) is 0 Å². The SMILES string of the molecule is [CH2]c1cccc(-c2cccc(NCOCCCCCC)c2)c1. The molecule has 0 aliphatic heterocycles. The van der Waals surface area contributed by atoms with E-state index >= 15 is 0 Å². The van der Waals surface area contributed by atoms with Crippen molar-refractivity contribution >= 4 is 5.69 Å². The molecule has 1 radical (unpaired) electrons. The van der Waals surface area contributed by atoms with Gasteiger partial charge in [0.1, 0.15) is 6.73 Å². The molecule has 2 nitrogen and oxygen atoms in total. The molecule has 117 valence electrons. The lowest BCUT2D eigenvalue weighted by Crippen LogP contribution is -2.07. The van der Waals surface area contributed by atoms with Crippen molar-refractivity contribution in [3.05, 3.63) is 61.0 Å². The summed E-state index contributed by atoms with van der Waals surface area (Å²) in [5.74, 6) is 0. The third-order valence-electron chi connectivity index (χ3n) is 3.64. The van der Waals surface area contributed by atoms with E-state index in [1.165, 1.54) is 30.4 Å². The van der Waals surface area contributed by atoms with Crippen molar-refractivity contribution in [3.63, 3.8) is 0 Å². The predicted octanol–water partition coefficient (Wildman–Crippen LogP) is 5.50. The van der Waals surface area contributed by atoms with Gasteiger partial charge in [-0.05, 0) is 42.2 Å². The zero-order valence-corrected chi connectivity index (χ0v) is 13.5. The number of anilines is 1. The van der Waals surface area contributed by atoms with E-state index < -0.39 is 0 Å². The van der Waals surface area contributed by atoms with Crippen molar-refractivity contribution in [1.82, 2.24) is 0 Å². The second kappa shape index (κ2) is 9.26. The van der Waals surface area contributed by atoms with Crippen LogP contribution in [0.15, 0.2) is 48.5 Å². The number of benzene rings is 2. The Balaban J connectivity index is 1.82. The monoisotopic (exact) mass is 296 g/mol. The first-order valence-electron chi connectivity index (χ1n) is 8.13. The average Bonchev–Trinajstić information content (AvgIpc) is 2.54. The van der Waals surface area contributed by atoms with Crippen LogP contribution in [0.2, 0.25) is 0 Å². The van der Waals surface area contributed by atoms with E-state index in [1.54, 1.807) is 0 Å². The molecule has 22 heavy (non-hydrogen) atoms. The molecule has 2 rings (SSSR count). The Morgan fingerprint density at radius 2 is 1.73 bits per heavy atom. The first-order valence-corrected chi connectivity index (χ1v) is 8.13. The summed E-state index contributed by atoms with van der Waals surface area (Å²) in [6, 6.07) is 16.7. The van der Waals surface area contributed by atoms with Gasteiger partial charge in [0.05, 0.1) is 0 Å². The van der Waals surface area contributed by atoms with Crippen molar-refractivity contribution in [2.75, 3.05) is 18.7 Å².